The highest BCUT2D eigenvalue weighted by molar-refractivity contribution is 5.68. The van der Waals surface area contributed by atoms with Gasteiger partial charge in [0.15, 0.2) is 0 Å². The summed E-state index contributed by atoms with van der Waals surface area (Å²) in [5.74, 6) is 1.65. The van der Waals surface area contributed by atoms with Crippen molar-refractivity contribution >= 4 is 5.82 Å². The lowest BCUT2D eigenvalue weighted by molar-refractivity contribution is 0.694. The average Bonchev–Trinajstić information content (AvgIpc) is 3.29. The molecule has 2 aliphatic carbocycles. The van der Waals surface area contributed by atoms with E-state index in [1.807, 2.05) is 12.4 Å². The second-order valence-electron chi connectivity index (χ2n) is 6.73. The van der Waals surface area contributed by atoms with Crippen LogP contribution in [-0.4, -0.2) is 21.2 Å². The van der Waals surface area contributed by atoms with Gasteiger partial charge in [0.1, 0.15) is 5.82 Å². The second-order valence-corrected chi connectivity index (χ2v) is 6.73. The van der Waals surface area contributed by atoms with Crippen molar-refractivity contribution in [2.24, 2.45) is 0 Å². The minimum Gasteiger partial charge on any atom is -0.367 e. The molecule has 0 aliphatic heterocycles. The Hall–Kier alpha value is -1.84. The first-order chi connectivity index (χ1) is 10.9. The number of hydrogen-bond acceptors (Lipinski definition) is 3. The number of anilines is 1. The molecule has 0 radical (unpaired) electrons. The summed E-state index contributed by atoms with van der Waals surface area (Å²) in [4.78, 5) is 4.50. The number of pyridine rings is 1. The lowest BCUT2D eigenvalue weighted by atomic mass is 9.97. The summed E-state index contributed by atoms with van der Waals surface area (Å²) in [6.45, 7) is 0. The zero-order valence-electron chi connectivity index (χ0n) is 13.0. The van der Waals surface area contributed by atoms with Crippen molar-refractivity contribution in [1.82, 2.24) is 15.2 Å². The first kappa shape index (κ1) is 13.8. The van der Waals surface area contributed by atoms with Crippen LogP contribution in [0.3, 0.4) is 0 Å². The molecule has 0 atom stereocenters. The molecule has 0 unspecified atom stereocenters. The van der Waals surface area contributed by atoms with Crippen LogP contribution < -0.4 is 5.32 Å². The number of aromatic nitrogens is 3. The fourth-order valence-electron chi connectivity index (χ4n) is 4.01. The molecule has 0 bridgehead atoms. The van der Waals surface area contributed by atoms with E-state index in [0.29, 0.717) is 12.0 Å². The highest BCUT2D eigenvalue weighted by Gasteiger charge is 2.22. The Labute approximate surface area is 131 Å². The monoisotopic (exact) mass is 296 g/mol. The Morgan fingerprint density at radius 1 is 1.05 bits per heavy atom. The van der Waals surface area contributed by atoms with Crippen molar-refractivity contribution in [2.75, 3.05) is 5.32 Å². The molecule has 0 aromatic carbocycles. The van der Waals surface area contributed by atoms with Crippen LogP contribution in [0.4, 0.5) is 5.82 Å². The molecular weight excluding hydrogens is 272 g/mol. The van der Waals surface area contributed by atoms with Gasteiger partial charge in [0.05, 0.1) is 6.20 Å². The van der Waals surface area contributed by atoms with E-state index in [1.165, 1.54) is 68.2 Å². The predicted molar refractivity (Wildman–Crippen MR) is 88.9 cm³/mol. The minimum atomic E-state index is 0.599. The van der Waals surface area contributed by atoms with Gasteiger partial charge in [-0.3, -0.25) is 5.10 Å². The first-order valence-electron chi connectivity index (χ1n) is 8.66. The third-order valence-corrected chi connectivity index (χ3v) is 5.21. The highest BCUT2D eigenvalue weighted by atomic mass is 15.1. The molecule has 2 fully saturated rings. The smallest absolute Gasteiger partial charge is 0.126 e. The zero-order chi connectivity index (χ0) is 14.8. The topological polar surface area (TPSA) is 53.6 Å². The highest BCUT2D eigenvalue weighted by Crippen LogP contribution is 2.38. The number of hydrogen-bond donors (Lipinski definition) is 2. The maximum atomic E-state index is 4.50. The van der Waals surface area contributed by atoms with E-state index in [4.69, 9.17) is 0 Å². The quantitative estimate of drug-likeness (QED) is 0.874. The summed E-state index contributed by atoms with van der Waals surface area (Å²) in [6, 6.07) is 4.88. The molecule has 4 rings (SSSR count). The van der Waals surface area contributed by atoms with Gasteiger partial charge in [-0.1, -0.05) is 25.7 Å². The largest absolute Gasteiger partial charge is 0.367 e. The Kier molecular flexibility index (Phi) is 3.83. The molecule has 116 valence electrons. The Morgan fingerprint density at radius 2 is 1.82 bits per heavy atom. The lowest BCUT2D eigenvalue weighted by Gasteiger charge is -2.14. The van der Waals surface area contributed by atoms with Crippen LogP contribution in [-0.2, 0) is 0 Å². The van der Waals surface area contributed by atoms with E-state index in [0.717, 1.165) is 5.82 Å². The Balaban J connectivity index is 1.58. The summed E-state index contributed by atoms with van der Waals surface area (Å²) in [6.07, 6.45) is 14.4. The molecule has 22 heavy (non-hydrogen) atoms. The van der Waals surface area contributed by atoms with E-state index in [-0.39, 0.29) is 0 Å². The summed E-state index contributed by atoms with van der Waals surface area (Å²) in [7, 11) is 0. The summed E-state index contributed by atoms with van der Waals surface area (Å²) in [5.41, 5.74) is 3.80. The van der Waals surface area contributed by atoms with Gasteiger partial charge in [-0.2, -0.15) is 5.10 Å². The van der Waals surface area contributed by atoms with Crippen LogP contribution in [0.25, 0.3) is 11.1 Å². The maximum absolute atomic E-state index is 4.50. The van der Waals surface area contributed by atoms with Crippen molar-refractivity contribution in [2.45, 2.75) is 63.3 Å². The molecule has 2 aliphatic rings. The third-order valence-electron chi connectivity index (χ3n) is 5.21. The summed E-state index contributed by atoms with van der Waals surface area (Å²) < 4.78 is 0. The fraction of sp³-hybridized carbons (Fsp3) is 0.556. The molecule has 2 aromatic rings. The standard InChI is InChI=1S/C18H24N4/c1-2-6-13(5-1)18-16(12-20-22-18)14-9-10-19-17(11-14)21-15-7-3-4-8-15/h9-13,15H,1-8H2,(H,19,21)(H,20,22). The number of nitrogens with one attached hydrogen (secondary N) is 2. The molecule has 4 heteroatoms. The molecule has 4 nitrogen and oxygen atoms in total. The molecule has 0 saturated heterocycles. The molecule has 0 spiro atoms. The summed E-state index contributed by atoms with van der Waals surface area (Å²) in [5, 5.41) is 11.1. The molecule has 2 aromatic heterocycles. The second kappa shape index (κ2) is 6.11. The van der Waals surface area contributed by atoms with Gasteiger partial charge < -0.3 is 5.32 Å². The van der Waals surface area contributed by atoms with Crippen LogP contribution in [0.15, 0.2) is 24.5 Å². The van der Waals surface area contributed by atoms with Crippen LogP contribution >= 0.6 is 0 Å². The van der Waals surface area contributed by atoms with Gasteiger partial charge in [-0.05, 0) is 43.4 Å². The van der Waals surface area contributed by atoms with E-state index in [9.17, 15) is 0 Å². The van der Waals surface area contributed by atoms with Crippen molar-refractivity contribution in [3.63, 3.8) is 0 Å². The molecule has 2 N–H and O–H groups in total. The Morgan fingerprint density at radius 3 is 2.64 bits per heavy atom. The van der Waals surface area contributed by atoms with Gasteiger partial charge in [0.25, 0.3) is 0 Å². The summed E-state index contributed by atoms with van der Waals surface area (Å²) >= 11 is 0. The van der Waals surface area contributed by atoms with Gasteiger partial charge in [0.2, 0.25) is 0 Å². The first-order valence-corrected chi connectivity index (χ1v) is 8.66. The van der Waals surface area contributed by atoms with Crippen LogP contribution in [0.1, 0.15) is 63.0 Å². The number of aromatic amines is 1. The van der Waals surface area contributed by atoms with Gasteiger partial charge in [-0.25, -0.2) is 4.98 Å². The van der Waals surface area contributed by atoms with Crippen molar-refractivity contribution < 1.29 is 0 Å². The van der Waals surface area contributed by atoms with Crippen molar-refractivity contribution in [1.29, 1.82) is 0 Å². The van der Waals surface area contributed by atoms with Crippen LogP contribution in [0, 0.1) is 0 Å². The normalized spacial score (nSPS) is 19.8. The third kappa shape index (κ3) is 2.74. The van der Waals surface area contributed by atoms with E-state index in [2.05, 4.69) is 32.6 Å². The zero-order valence-corrected chi connectivity index (χ0v) is 13.0. The van der Waals surface area contributed by atoms with E-state index < -0.39 is 0 Å². The average molecular weight is 296 g/mol. The van der Waals surface area contributed by atoms with E-state index >= 15 is 0 Å². The number of nitrogens with zero attached hydrogens (tertiary/aromatic N) is 2. The molecule has 0 amide bonds. The van der Waals surface area contributed by atoms with Crippen molar-refractivity contribution in [3.8, 4) is 11.1 Å². The Bertz CT molecular complexity index is 622. The van der Waals surface area contributed by atoms with Crippen molar-refractivity contribution in [3.05, 3.63) is 30.2 Å². The number of rotatable bonds is 4. The SMILES string of the molecule is c1cc(-c2cn[nH]c2C2CCCC2)cc(NC2CCCC2)n1. The van der Waals surface area contributed by atoms with Gasteiger partial charge in [-0.15, -0.1) is 0 Å². The van der Waals surface area contributed by atoms with Gasteiger partial charge >= 0.3 is 0 Å². The fourth-order valence-corrected chi connectivity index (χ4v) is 4.01. The minimum absolute atomic E-state index is 0.599. The van der Waals surface area contributed by atoms with Gasteiger partial charge in [0, 0.05) is 29.4 Å². The maximum Gasteiger partial charge on any atom is 0.126 e. The predicted octanol–water partition coefficient (Wildman–Crippen LogP) is 4.48. The lowest BCUT2D eigenvalue weighted by Crippen LogP contribution is -2.15. The van der Waals surface area contributed by atoms with Crippen LogP contribution in [0.5, 0.6) is 0 Å². The molecule has 2 heterocycles. The van der Waals surface area contributed by atoms with E-state index in [1.54, 1.807) is 0 Å². The molecule has 2 saturated carbocycles. The van der Waals surface area contributed by atoms with Crippen LogP contribution in [0.2, 0.25) is 0 Å². The molecular formula is C18H24N4. The number of H-pyrrole nitrogens is 1.